The van der Waals surface area contributed by atoms with Gasteiger partial charge in [-0.3, -0.25) is 14.4 Å². The molecule has 0 unspecified atom stereocenters. The van der Waals surface area contributed by atoms with Crippen molar-refractivity contribution in [1.29, 1.82) is 0 Å². The Morgan fingerprint density at radius 3 is 2.54 bits per heavy atom. The van der Waals surface area contributed by atoms with E-state index in [0.717, 1.165) is 31.9 Å². The van der Waals surface area contributed by atoms with Gasteiger partial charge >= 0.3 is 0 Å². The SMILES string of the molecule is CC1(CN(C(=O)C2(C)CC2)c2nc(-c3cc(-c4ccon4)n(Cc4ccccc4F)n3)ncc2F)CC1. The number of amides is 1. The van der Waals surface area contributed by atoms with Crippen molar-refractivity contribution in [2.45, 2.75) is 46.1 Å². The molecule has 2 fully saturated rings. The molecule has 10 heteroatoms. The summed E-state index contributed by atoms with van der Waals surface area (Å²) in [6.45, 7) is 4.54. The summed E-state index contributed by atoms with van der Waals surface area (Å²) in [4.78, 5) is 23.6. The summed E-state index contributed by atoms with van der Waals surface area (Å²) in [7, 11) is 0. The Bertz CT molecular complexity index is 1470. The van der Waals surface area contributed by atoms with E-state index in [9.17, 15) is 9.18 Å². The zero-order valence-electron chi connectivity index (χ0n) is 20.6. The number of hydrogen-bond donors (Lipinski definition) is 0. The first-order chi connectivity index (χ1) is 17.7. The van der Waals surface area contributed by atoms with Crippen LogP contribution >= 0.6 is 0 Å². The van der Waals surface area contributed by atoms with E-state index >= 15 is 4.39 Å². The summed E-state index contributed by atoms with van der Waals surface area (Å²) in [6.07, 6.45) is 6.03. The second-order valence-corrected chi connectivity index (χ2v) is 10.7. The van der Waals surface area contributed by atoms with Crippen LogP contribution in [-0.2, 0) is 11.3 Å². The van der Waals surface area contributed by atoms with Crippen LogP contribution in [0.3, 0.4) is 0 Å². The molecule has 3 aromatic heterocycles. The lowest BCUT2D eigenvalue weighted by atomic mass is 10.1. The molecule has 0 saturated heterocycles. The fraction of sp³-hybridized carbons (Fsp3) is 0.370. The Morgan fingerprint density at radius 2 is 1.86 bits per heavy atom. The third-order valence-electron chi connectivity index (χ3n) is 7.37. The van der Waals surface area contributed by atoms with Crippen LogP contribution in [0.4, 0.5) is 14.6 Å². The molecule has 37 heavy (non-hydrogen) atoms. The summed E-state index contributed by atoms with van der Waals surface area (Å²) < 4.78 is 36.1. The van der Waals surface area contributed by atoms with Gasteiger partial charge < -0.3 is 4.52 Å². The minimum Gasteiger partial charge on any atom is -0.364 e. The lowest BCUT2D eigenvalue weighted by Crippen LogP contribution is -2.41. The number of anilines is 1. The molecule has 1 amide bonds. The van der Waals surface area contributed by atoms with Gasteiger partial charge in [-0.15, -0.1) is 0 Å². The molecule has 2 aliphatic carbocycles. The Balaban J connectivity index is 1.40. The van der Waals surface area contributed by atoms with Crippen LogP contribution in [0.2, 0.25) is 0 Å². The van der Waals surface area contributed by atoms with Crippen molar-refractivity contribution in [3.8, 4) is 22.9 Å². The summed E-state index contributed by atoms with van der Waals surface area (Å²) in [6, 6.07) is 9.81. The van der Waals surface area contributed by atoms with Gasteiger partial charge in [-0.05, 0) is 43.2 Å². The standard InChI is InChI=1S/C27H26F2N6O2/c1-26(8-9-26)16-34(25(36)27(2)10-11-27)24-19(29)14-30-23(31-24)21-13-22(20-7-12-37-33-20)35(32-21)15-17-5-3-4-6-18(17)28/h3-7,12-14H,8-11,15-16H2,1-2H3. The molecule has 0 N–H and O–H groups in total. The number of carbonyl (C=O) groups excluding carboxylic acids is 1. The van der Waals surface area contributed by atoms with Crippen LogP contribution in [0, 0.1) is 22.5 Å². The third-order valence-corrected chi connectivity index (χ3v) is 7.37. The van der Waals surface area contributed by atoms with Crippen molar-refractivity contribution in [2.75, 3.05) is 11.4 Å². The molecule has 2 aliphatic rings. The van der Waals surface area contributed by atoms with E-state index in [1.807, 2.05) is 6.92 Å². The second-order valence-electron chi connectivity index (χ2n) is 10.7. The average molecular weight is 505 g/mol. The Kier molecular flexibility index (Phi) is 5.43. The molecule has 8 nitrogen and oxygen atoms in total. The lowest BCUT2D eigenvalue weighted by Gasteiger charge is -2.28. The highest BCUT2D eigenvalue weighted by molar-refractivity contribution is 5.98. The van der Waals surface area contributed by atoms with Gasteiger partial charge in [0.15, 0.2) is 17.5 Å². The van der Waals surface area contributed by atoms with Crippen LogP contribution in [0.1, 0.15) is 45.1 Å². The molecule has 3 heterocycles. The van der Waals surface area contributed by atoms with Gasteiger partial charge in [-0.1, -0.05) is 37.2 Å². The van der Waals surface area contributed by atoms with Crippen molar-refractivity contribution in [1.82, 2.24) is 24.9 Å². The maximum absolute atomic E-state index is 15.1. The van der Waals surface area contributed by atoms with Crippen LogP contribution in [0.25, 0.3) is 22.9 Å². The van der Waals surface area contributed by atoms with Crippen molar-refractivity contribution < 1.29 is 18.1 Å². The number of hydrogen-bond acceptors (Lipinski definition) is 6. The number of halogens is 2. The number of aromatic nitrogens is 5. The second kappa shape index (κ2) is 8.57. The first-order valence-corrected chi connectivity index (χ1v) is 12.3. The topological polar surface area (TPSA) is 89.9 Å². The summed E-state index contributed by atoms with van der Waals surface area (Å²) in [5, 5.41) is 8.61. The average Bonchev–Trinajstić information content (AvgIpc) is 3.65. The minimum absolute atomic E-state index is 0.0390. The fourth-order valence-electron chi connectivity index (χ4n) is 4.38. The van der Waals surface area contributed by atoms with Gasteiger partial charge in [0.25, 0.3) is 0 Å². The molecule has 0 atom stereocenters. The summed E-state index contributed by atoms with van der Waals surface area (Å²) in [5.41, 5.74) is 1.32. The van der Waals surface area contributed by atoms with Gasteiger partial charge in [0.2, 0.25) is 5.91 Å². The summed E-state index contributed by atoms with van der Waals surface area (Å²) in [5.74, 6) is -1.01. The van der Waals surface area contributed by atoms with Gasteiger partial charge in [-0.25, -0.2) is 18.7 Å². The zero-order chi connectivity index (χ0) is 25.8. The maximum Gasteiger partial charge on any atom is 0.234 e. The van der Waals surface area contributed by atoms with Crippen LogP contribution in [-0.4, -0.2) is 37.4 Å². The molecule has 4 aromatic rings. The number of carbonyl (C=O) groups is 1. The van der Waals surface area contributed by atoms with Crippen LogP contribution in [0.5, 0.6) is 0 Å². The molecule has 0 aliphatic heterocycles. The smallest absolute Gasteiger partial charge is 0.234 e. The quantitative estimate of drug-likeness (QED) is 0.325. The highest BCUT2D eigenvalue weighted by atomic mass is 19.1. The van der Waals surface area contributed by atoms with Crippen LogP contribution in [0.15, 0.2) is 53.4 Å². The van der Waals surface area contributed by atoms with Gasteiger partial charge in [0.1, 0.15) is 23.5 Å². The van der Waals surface area contributed by atoms with E-state index in [1.54, 1.807) is 35.0 Å². The Hall–Kier alpha value is -3.95. The van der Waals surface area contributed by atoms with Crippen molar-refractivity contribution in [3.05, 3.63) is 66.1 Å². The monoisotopic (exact) mass is 504 g/mol. The third kappa shape index (κ3) is 4.52. The Morgan fingerprint density at radius 1 is 1.08 bits per heavy atom. The first kappa shape index (κ1) is 23.4. The fourth-order valence-corrected chi connectivity index (χ4v) is 4.38. The molecule has 0 bridgehead atoms. The van der Waals surface area contributed by atoms with Crippen molar-refractivity contribution in [3.63, 3.8) is 0 Å². The van der Waals surface area contributed by atoms with E-state index in [-0.39, 0.29) is 35.3 Å². The first-order valence-electron chi connectivity index (χ1n) is 12.3. The summed E-state index contributed by atoms with van der Waals surface area (Å²) >= 11 is 0. The number of benzene rings is 1. The zero-order valence-corrected chi connectivity index (χ0v) is 20.6. The predicted molar refractivity (Wildman–Crippen MR) is 131 cm³/mol. The largest absolute Gasteiger partial charge is 0.364 e. The molecule has 0 spiro atoms. The maximum atomic E-state index is 15.1. The van der Waals surface area contributed by atoms with Gasteiger partial charge in [-0.2, -0.15) is 5.10 Å². The minimum atomic E-state index is -0.659. The Labute approximate surface area is 212 Å². The molecular formula is C27H26F2N6O2. The van der Waals surface area contributed by atoms with Gasteiger partial charge in [0, 0.05) is 23.6 Å². The highest BCUT2D eigenvalue weighted by Crippen LogP contribution is 2.50. The number of rotatable bonds is 8. The molecule has 6 rings (SSSR count). The van der Waals surface area contributed by atoms with E-state index in [2.05, 4.69) is 27.1 Å². The highest BCUT2D eigenvalue weighted by Gasteiger charge is 2.50. The van der Waals surface area contributed by atoms with E-state index < -0.39 is 11.2 Å². The molecular weight excluding hydrogens is 478 g/mol. The predicted octanol–water partition coefficient (Wildman–Crippen LogP) is 5.25. The molecule has 2 saturated carbocycles. The molecule has 0 radical (unpaired) electrons. The number of nitrogens with zero attached hydrogens (tertiary/aromatic N) is 6. The van der Waals surface area contributed by atoms with Crippen LogP contribution < -0.4 is 4.90 Å². The van der Waals surface area contributed by atoms with Gasteiger partial charge in [0.05, 0.1) is 18.4 Å². The van der Waals surface area contributed by atoms with Crippen molar-refractivity contribution in [2.24, 2.45) is 10.8 Å². The van der Waals surface area contributed by atoms with E-state index in [1.165, 1.54) is 17.2 Å². The molecule has 1 aromatic carbocycles. The van der Waals surface area contributed by atoms with E-state index in [4.69, 9.17) is 4.52 Å². The normalized spacial score (nSPS) is 17.0. The van der Waals surface area contributed by atoms with Crippen molar-refractivity contribution >= 4 is 11.7 Å². The lowest BCUT2D eigenvalue weighted by molar-refractivity contribution is -0.123. The molecule has 190 valence electrons. The van der Waals surface area contributed by atoms with E-state index in [0.29, 0.717) is 29.2 Å².